The minimum absolute atomic E-state index is 0.174. The molecule has 7 heteroatoms. The van der Waals surface area contributed by atoms with E-state index in [0.29, 0.717) is 24.6 Å². The highest BCUT2D eigenvalue weighted by Crippen LogP contribution is 2.29. The molecular weight excluding hydrogens is 302 g/mol. The number of ketones is 1. The number of hydrogen-bond donors (Lipinski definition) is 2. The summed E-state index contributed by atoms with van der Waals surface area (Å²) in [5, 5.41) is 6.31. The van der Waals surface area contributed by atoms with Crippen molar-refractivity contribution in [1.82, 2.24) is 10.6 Å². The summed E-state index contributed by atoms with van der Waals surface area (Å²) in [6, 6.07) is 5.52. The Labute approximate surface area is 133 Å². The van der Waals surface area contributed by atoms with Crippen LogP contribution in [0.4, 0.5) is 10.5 Å². The van der Waals surface area contributed by atoms with E-state index in [9.17, 15) is 9.59 Å². The maximum atomic E-state index is 12.0. The first-order valence-electron chi connectivity index (χ1n) is 7.18. The first-order valence-corrected chi connectivity index (χ1v) is 7.59. The summed E-state index contributed by atoms with van der Waals surface area (Å²) in [6.07, 6.45) is 0.670. The van der Waals surface area contributed by atoms with Gasteiger partial charge in [0.1, 0.15) is 6.10 Å². The number of thiocarbonyl (C=S) groups is 1. The van der Waals surface area contributed by atoms with E-state index in [1.807, 2.05) is 6.07 Å². The van der Waals surface area contributed by atoms with Crippen molar-refractivity contribution in [3.8, 4) is 0 Å². The van der Waals surface area contributed by atoms with E-state index in [-0.39, 0.29) is 18.0 Å². The van der Waals surface area contributed by atoms with Gasteiger partial charge in [-0.1, -0.05) is 0 Å². The molecule has 0 radical (unpaired) electrons. The number of carbonyl (C=O) groups excluding carboxylic acids is 2. The molecule has 1 atom stereocenters. The topological polar surface area (TPSA) is 70.7 Å². The third kappa shape index (κ3) is 2.76. The SMILES string of the molecule is CNC(=S)NC[C@H]1CN(c2ccc3c(c2)CCC3=O)C(=O)O1. The zero-order chi connectivity index (χ0) is 15.7. The second kappa shape index (κ2) is 5.92. The minimum Gasteiger partial charge on any atom is -0.442 e. The molecule has 116 valence electrons. The van der Waals surface area contributed by atoms with Crippen molar-refractivity contribution in [2.24, 2.45) is 0 Å². The molecule has 0 saturated carbocycles. The van der Waals surface area contributed by atoms with Gasteiger partial charge in [0.15, 0.2) is 10.9 Å². The zero-order valence-electron chi connectivity index (χ0n) is 12.2. The van der Waals surface area contributed by atoms with Gasteiger partial charge in [0, 0.05) is 24.7 Å². The Kier molecular flexibility index (Phi) is 3.98. The lowest BCUT2D eigenvalue weighted by atomic mass is 10.1. The van der Waals surface area contributed by atoms with Gasteiger partial charge in [-0.15, -0.1) is 0 Å². The number of rotatable bonds is 3. The van der Waals surface area contributed by atoms with E-state index in [2.05, 4.69) is 10.6 Å². The van der Waals surface area contributed by atoms with Gasteiger partial charge in [-0.2, -0.15) is 0 Å². The number of Topliss-reactive ketones (excluding diaryl/α,β-unsaturated/α-hetero) is 1. The number of fused-ring (bicyclic) bond motifs is 1. The number of nitrogens with zero attached hydrogens (tertiary/aromatic N) is 1. The molecule has 6 nitrogen and oxygen atoms in total. The monoisotopic (exact) mass is 319 g/mol. The van der Waals surface area contributed by atoms with Gasteiger partial charge in [0.2, 0.25) is 0 Å². The van der Waals surface area contributed by atoms with Crippen molar-refractivity contribution in [1.29, 1.82) is 0 Å². The van der Waals surface area contributed by atoms with Crippen LogP contribution in [0.25, 0.3) is 0 Å². The normalized spacial score (nSPS) is 19.9. The Morgan fingerprint density at radius 1 is 1.41 bits per heavy atom. The van der Waals surface area contributed by atoms with Gasteiger partial charge in [0.05, 0.1) is 13.1 Å². The highest BCUT2D eigenvalue weighted by Gasteiger charge is 2.33. The summed E-state index contributed by atoms with van der Waals surface area (Å²) in [7, 11) is 1.73. The van der Waals surface area contributed by atoms with Gasteiger partial charge in [-0.25, -0.2) is 4.79 Å². The number of ether oxygens (including phenoxy) is 1. The molecule has 1 aliphatic heterocycles. The van der Waals surface area contributed by atoms with Gasteiger partial charge in [0.25, 0.3) is 0 Å². The zero-order valence-corrected chi connectivity index (χ0v) is 13.0. The molecule has 2 N–H and O–H groups in total. The third-order valence-corrected chi connectivity index (χ3v) is 4.26. The highest BCUT2D eigenvalue weighted by molar-refractivity contribution is 7.80. The Morgan fingerprint density at radius 2 is 2.23 bits per heavy atom. The van der Waals surface area contributed by atoms with E-state index < -0.39 is 0 Å². The number of anilines is 1. The predicted octanol–water partition coefficient (Wildman–Crippen LogP) is 1.23. The van der Waals surface area contributed by atoms with E-state index in [1.165, 1.54) is 0 Å². The smallest absolute Gasteiger partial charge is 0.414 e. The van der Waals surface area contributed by atoms with Crippen LogP contribution in [0.5, 0.6) is 0 Å². The number of nitrogens with one attached hydrogen (secondary N) is 2. The van der Waals surface area contributed by atoms with Crippen molar-refractivity contribution in [2.75, 3.05) is 25.0 Å². The van der Waals surface area contributed by atoms with Crippen LogP contribution in [0.2, 0.25) is 0 Å². The van der Waals surface area contributed by atoms with Crippen LogP contribution in [0.3, 0.4) is 0 Å². The molecule has 1 saturated heterocycles. The maximum absolute atomic E-state index is 12.0. The molecule has 1 aromatic carbocycles. The fraction of sp³-hybridized carbons (Fsp3) is 0.400. The highest BCUT2D eigenvalue weighted by atomic mass is 32.1. The second-order valence-electron chi connectivity index (χ2n) is 5.34. The summed E-state index contributed by atoms with van der Waals surface area (Å²) >= 11 is 5.00. The quantitative estimate of drug-likeness (QED) is 0.817. The van der Waals surface area contributed by atoms with E-state index in [1.54, 1.807) is 24.1 Å². The average Bonchev–Trinajstić information content (AvgIpc) is 3.08. The Hall–Kier alpha value is -2.15. The van der Waals surface area contributed by atoms with Crippen molar-refractivity contribution < 1.29 is 14.3 Å². The molecule has 1 aromatic rings. The number of benzene rings is 1. The van der Waals surface area contributed by atoms with E-state index in [0.717, 1.165) is 23.2 Å². The molecule has 2 aliphatic rings. The summed E-state index contributed by atoms with van der Waals surface area (Å²) < 4.78 is 5.33. The molecule has 0 spiro atoms. The van der Waals surface area contributed by atoms with Crippen molar-refractivity contribution in [3.05, 3.63) is 29.3 Å². The Morgan fingerprint density at radius 3 is 3.00 bits per heavy atom. The van der Waals surface area contributed by atoms with Crippen LogP contribution >= 0.6 is 12.2 Å². The molecule has 3 rings (SSSR count). The largest absolute Gasteiger partial charge is 0.442 e. The van der Waals surface area contributed by atoms with Gasteiger partial charge in [-0.05, 0) is 42.4 Å². The number of carbonyl (C=O) groups is 2. The summed E-state index contributed by atoms with van der Waals surface area (Å²) in [5.74, 6) is 0.174. The van der Waals surface area contributed by atoms with E-state index in [4.69, 9.17) is 17.0 Å². The lowest BCUT2D eigenvalue weighted by Gasteiger charge is -2.14. The first kappa shape index (κ1) is 14.8. The predicted molar refractivity (Wildman–Crippen MR) is 86.4 cm³/mol. The third-order valence-electron chi connectivity index (χ3n) is 3.91. The van der Waals surface area contributed by atoms with Gasteiger partial charge >= 0.3 is 6.09 Å². The standard InChI is InChI=1S/C15H17N3O3S/c1-16-14(22)17-7-11-8-18(15(20)21-11)10-3-4-12-9(6-10)2-5-13(12)19/h3-4,6,11H,2,5,7-8H2,1H3,(H2,16,17,22)/t11-/m0/s1. The van der Waals surface area contributed by atoms with Crippen LogP contribution in [0, 0.1) is 0 Å². The molecule has 1 fully saturated rings. The first-order chi connectivity index (χ1) is 10.6. The van der Waals surface area contributed by atoms with Crippen molar-refractivity contribution >= 4 is 34.9 Å². The Balaban J connectivity index is 1.69. The minimum atomic E-state index is -0.369. The summed E-state index contributed by atoms with van der Waals surface area (Å²) in [6.45, 7) is 0.927. The lowest BCUT2D eigenvalue weighted by molar-refractivity contribution is 0.0994. The molecule has 1 heterocycles. The van der Waals surface area contributed by atoms with Gasteiger partial charge < -0.3 is 15.4 Å². The molecule has 0 unspecified atom stereocenters. The molecule has 22 heavy (non-hydrogen) atoms. The fourth-order valence-electron chi connectivity index (χ4n) is 2.74. The number of amides is 1. The summed E-state index contributed by atoms with van der Waals surface area (Å²) in [4.78, 5) is 25.3. The van der Waals surface area contributed by atoms with E-state index >= 15 is 0 Å². The number of hydrogen-bond acceptors (Lipinski definition) is 4. The fourth-order valence-corrected chi connectivity index (χ4v) is 2.83. The maximum Gasteiger partial charge on any atom is 0.414 e. The van der Waals surface area contributed by atoms with Crippen LogP contribution in [-0.2, 0) is 11.2 Å². The van der Waals surface area contributed by atoms with Crippen LogP contribution in [0.15, 0.2) is 18.2 Å². The second-order valence-corrected chi connectivity index (χ2v) is 5.75. The molecule has 0 bridgehead atoms. The Bertz CT molecular complexity index is 647. The number of aryl methyl sites for hydroxylation is 1. The van der Waals surface area contributed by atoms with Crippen molar-refractivity contribution in [3.63, 3.8) is 0 Å². The van der Waals surface area contributed by atoms with Crippen LogP contribution in [0.1, 0.15) is 22.3 Å². The van der Waals surface area contributed by atoms with Crippen LogP contribution in [-0.4, -0.2) is 43.2 Å². The van der Waals surface area contributed by atoms with Crippen molar-refractivity contribution in [2.45, 2.75) is 18.9 Å². The van der Waals surface area contributed by atoms with Crippen LogP contribution < -0.4 is 15.5 Å². The average molecular weight is 319 g/mol. The molecule has 0 aromatic heterocycles. The van der Waals surface area contributed by atoms with Gasteiger partial charge in [-0.3, -0.25) is 9.69 Å². The summed E-state index contributed by atoms with van der Waals surface area (Å²) in [5.41, 5.74) is 2.55. The molecule has 1 aliphatic carbocycles. The molecular formula is C15H17N3O3S. The lowest BCUT2D eigenvalue weighted by Crippen LogP contribution is -2.39. The molecule has 1 amide bonds. The number of cyclic esters (lactones) is 1.